The number of nitrogens with one attached hydrogen (secondary N) is 1. The molecule has 38 heavy (non-hydrogen) atoms. The Morgan fingerprint density at radius 3 is 2.76 bits per heavy atom. The average Bonchev–Trinajstić information content (AvgIpc) is 3.43. The second-order valence-electron chi connectivity index (χ2n) is 9.27. The number of anilines is 1. The number of hydrogen-bond acceptors (Lipinski definition) is 8. The van der Waals surface area contributed by atoms with E-state index in [4.69, 9.17) is 9.47 Å². The molecular weight excluding hydrogens is 520 g/mol. The Bertz CT molecular complexity index is 1300. The summed E-state index contributed by atoms with van der Waals surface area (Å²) in [4.78, 5) is 26.8. The van der Waals surface area contributed by atoms with Gasteiger partial charge in [0.2, 0.25) is 5.91 Å². The van der Waals surface area contributed by atoms with Crippen LogP contribution >= 0.6 is 23.1 Å². The minimum atomic E-state index is -0.399. The molecule has 0 aliphatic heterocycles. The van der Waals surface area contributed by atoms with Crippen molar-refractivity contribution >= 4 is 40.0 Å². The lowest BCUT2D eigenvalue weighted by atomic mass is 9.96. The molecule has 1 atom stereocenters. The van der Waals surface area contributed by atoms with E-state index in [1.54, 1.807) is 6.08 Å². The van der Waals surface area contributed by atoms with Gasteiger partial charge in [0.15, 0.2) is 17.1 Å². The monoisotopic (exact) mass is 554 g/mol. The molecule has 8 nitrogen and oxygen atoms in total. The van der Waals surface area contributed by atoms with Gasteiger partial charge >= 0.3 is 5.97 Å². The Kier molecular flexibility index (Phi) is 9.63. The van der Waals surface area contributed by atoms with E-state index in [0.717, 1.165) is 49.0 Å². The number of methoxy groups -OCH3 is 1. The number of nitrogens with zero attached hydrogens (tertiary/aromatic N) is 3. The molecule has 1 aliphatic carbocycles. The Balaban J connectivity index is 1.47. The molecule has 0 saturated carbocycles. The first-order valence-electron chi connectivity index (χ1n) is 12.8. The number of amides is 1. The zero-order valence-electron chi connectivity index (χ0n) is 22.1. The highest BCUT2D eigenvalue weighted by atomic mass is 32.2. The van der Waals surface area contributed by atoms with Gasteiger partial charge in [-0.25, -0.2) is 4.79 Å². The first-order valence-corrected chi connectivity index (χ1v) is 14.6. The maximum absolute atomic E-state index is 13.0. The molecule has 3 aromatic rings. The fraction of sp³-hybridized carbons (Fsp3) is 0.429. The van der Waals surface area contributed by atoms with Crippen molar-refractivity contribution in [1.82, 2.24) is 14.8 Å². The molecule has 2 heterocycles. The fourth-order valence-corrected chi connectivity index (χ4v) is 6.62. The number of thiophene rings is 1. The van der Waals surface area contributed by atoms with Crippen LogP contribution in [0.5, 0.6) is 5.75 Å². The summed E-state index contributed by atoms with van der Waals surface area (Å²) in [5.41, 5.74) is 2.65. The second kappa shape index (κ2) is 13.1. The van der Waals surface area contributed by atoms with Crippen LogP contribution in [0.3, 0.4) is 0 Å². The molecule has 1 N–H and O–H groups in total. The number of ether oxygens (including phenoxy) is 2. The van der Waals surface area contributed by atoms with Crippen LogP contribution in [-0.4, -0.2) is 39.5 Å². The van der Waals surface area contributed by atoms with Gasteiger partial charge in [-0.15, -0.1) is 28.1 Å². The van der Waals surface area contributed by atoms with E-state index < -0.39 is 5.97 Å². The number of aromatic nitrogens is 3. The summed E-state index contributed by atoms with van der Waals surface area (Å²) in [7, 11) is 1.38. The van der Waals surface area contributed by atoms with E-state index in [9.17, 15) is 9.59 Å². The SMILES string of the molecule is C=CCn1c(SCC(=O)Nc2sc3c(c2C(=O)OC)CCCCCC3)nnc1C(C)Oc1cccc(C)c1. The number of aryl methyl sites for hydroxylation is 2. The van der Waals surface area contributed by atoms with Crippen LogP contribution in [0.1, 0.15) is 70.9 Å². The number of benzene rings is 1. The van der Waals surface area contributed by atoms with E-state index >= 15 is 0 Å². The lowest BCUT2D eigenvalue weighted by Gasteiger charge is -2.16. The Hall–Kier alpha value is -3.11. The molecule has 1 aliphatic rings. The van der Waals surface area contributed by atoms with Crippen molar-refractivity contribution in [3.05, 3.63) is 64.3 Å². The summed E-state index contributed by atoms with van der Waals surface area (Å²) < 4.78 is 13.1. The minimum Gasteiger partial charge on any atom is -0.483 e. The Morgan fingerprint density at radius 1 is 1.24 bits per heavy atom. The highest BCUT2D eigenvalue weighted by Crippen LogP contribution is 2.37. The highest BCUT2D eigenvalue weighted by Gasteiger charge is 2.26. The van der Waals surface area contributed by atoms with Crippen LogP contribution in [0.15, 0.2) is 42.1 Å². The number of rotatable bonds is 10. The van der Waals surface area contributed by atoms with Gasteiger partial charge in [0, 0.05) is 11.4 Å². The first-order chi connectivity index (χ1) is 18.4. The largest absolute Gasteiger partial charge is 0.483 e. The molecule has 10 heteroatoms. The normalized spacial score (nSPS) is 14.1. The van der Waals surface area contributed by atoms with Crippen LogP contribution in [0.4, 0.5) is 5.00 Å². The Morgan fingerprint density at radius 2 is 2.03 bits per heavy atom. The topological polar surface area (TPSA) is 95.3 Å². The van der Waals surface area contributed by atoms with Crippen molar-refractivity contribution in [3.8, 4) is 5.75 Å². The van der Waals surface area contributed by atoms with Crippen LogP contribution in [0.2, 0.25) is 0 Å². The standard InChI is InChI=1S/C28H34N4O4S2/c1-5-15-32-25(19(3)36-20-12-10-11-18(2)16-20)30-31-28(32)37-17-23(33)29-26-24(27(34)35-4)21-13-8-6-7-9-14-22(21)38-26/h5,10-12,16,19H,1,6-9,13-15,17H2,2-4H3,(H,29,33). The number of thioether (sulfide) groups is 1. The molecule has 202 valence electrons. The lowest BCUT2D eigenvalue weighted by molar-refractivity contribution is -0.113. The van der Waals surface area contributed by atoms with Crippen LogP contribution in [0.25, 0.3) is 0 Å². The summed E-state index contributed by atoms with van der Waals surface area (Å²) in [5, 5.41) is 12.8. The zero-order valence-corrected chi connectivity index (χ0v) is 23.8. The Labute approximate surface area is 231 Å². The van der Waals surface area contributed by atoms with Crippen molar-refractivity contribution in [2.45, 2.75) is 70.2 Å². The maximum Gasteiger partial charge on any atom is 0.341 e. The van der Waals surface area contributed by atoms with Crippen LogP contribution in [0, 0.1) is 6.92 Å². The van der Waals surface area contributed by atoms with Crippen molar-refractivity contribution in [2.24, 2.45) is 0 Å². The third-order valence-corrected chi connectivity index (χ3v) is 8.54. The third-order valence-electron chi connectivity index (χ3n) is 6.37. The summed E-state index contributed by atoms with van der Waals surface area (Å²) in [6.45, 7) is 8.27. The number of hydrogen-bond donors (Lipinski definition) is 1. The van der Waals surface area contributed by atoms with E-state index in [1.807, 2.05) is 42.7 Å². The van der Waals surface area contributed by atoms with Crippen molar-refractivity contribution < 1.29 is 19.1 Å². The number of carbonyl (C=O) groups is 2. The molecule has 0 saturated heterocycles. The van der Waals surface area contributed by atoms with Crippen molar-refractivity contribution in [3.63, 3.8) is 0 Å². The number of carbonyl (C=O) groups excluding carboxylic acids is 2. The van der Waals surface area contributed by atoms with E-state index in [1.165, 1.54) is 41.5 Å². The van der Waals surface area contributed by atoms with Gasteiger partial charge in [-0.3, -0.25) is 9.36 Å². The van der Waals surface area contributed by atoms with Crippen LogP contribution < -0.4 is 10.1 Å². The van der Waals surface area contributed by atoms with Gasteiger partial charge in [0.1, 0.15) is 10.8 Å². The maximum atomic E-state index is 13.0. The first kappa shape index (κ1) is 27.9. The zero-order chi connectivity index (χ0) is 27.1. The lowest BCUT2D eigenvalue weighted by Crippen LogP contribution is -2.17. The number of fused-ring (bicyclic) bond motifs is 1. The molecule has 0 spiro atoms. The molecule has 1 unspecified atom stereocenters. The summed E-state index contributed by atoms with van der Waals surface area (Å²) in [6.07, 6.45) is 7.62. The van der Waals surface area contributed by atoms with E-state index in [0.29, 0.717) is 28.1 Å². The quantitative estimate of drug-likeness (QED) is 0.182. The van der Waals surface area contributed by atoms with E-state index in [-0.39, 0.29) is 17.8 Å². The summed E-state index contributed by atoms with van der Waals surface area (Å²) in [5.74, 6) is 0.911. The second-order valence-corrected chi connectivity index (χ2v) is 11.3. The number of esters is 1. The average molecular weight is 555 g/mol. The van der Waals surface area contributed by atoms with Gasteiger partial charge < -0.3 is 14.8 Å². The molecule has 0 bridgehead atoms. The molecule has 0 radical (unpaired) electrons. The number of allylic oxidation sites excluding steroid dienone is 1. The fourth-order valence-electron chi connectivity index (χ4n) is 4.57. The summed E-state index contributed by atoms with van der Waals surface area (Å²) >= 11 is 2.78. The van der Waals surface area contributed by atoms with Gasteiger partial charge in [-0.1, -0.05) is 42.8 Å². The highest BCUT2D eigenvalue weighted by molar-refractivity contribution is 7.99. The van der Waals surface area contributed by atoms with Gasteiger partial charge in [-0.05, 0) is 62.8 Å². The predicted octanol–water partition coefficient (Wildman–Crippen LogP) is 6.15. The van der Waals surface area contributed by atoms with Crippen molar-refractivity contribution in [1.29, 1.82) is 0 Å². The smallest absolute Gasteiger partial charge is 0.341 e. The molecule has 4 rings (SSSR count). The third kappa shape index (κ3) is 6.66. The van der Waals surface area contributed by atoms with Crippen LogP contribution in [-0.2, 0) is 28.9 Å². The molecule has 1 aromatic carbocycles. The molecule has 2 aromatic heterocycles. The van der Waals surface area contributed by atoms with Crippen molar-refractivity contribution in [2.75, 3.05) is 18.2 Å². The summed E-state index contributed by atoms with van der Waals surface area (Å²) in [6, 6.07) is 7.84. The van der Waals surface area contributed by atoms with Gasteiger partial charge in [0.25, 0.3) is 0 Å². The van der Waals surface area contributed by atoms with E-state index in [2.05, 4.69) is 22.1 Å². The van der Waals surface area contributed by atoms with Gasteiger partial charge in [-0.2, -0.15) is 0 Å². The van der Waals surface area contributed by atoms with Gasteiger partial charge in [0.05, 0.1) is 18.4 Å². The molecule has 0 fully saturated rings. The molecule has 1 amide bonds. The minimum absolute atomic E-state index is 0.117. The predicted molar refractivity (Wildman–Crippen MR) is 151 cm³/mol. The molecular formula is C28H34N4O4S2.